The Labute approximate surface area is 160 Å². The second-order valence-corrected chi connectivity index (χ2v) is 10.4. The standard InChI is InChI=1S/C17H24N4O4S2/c1-3-15-5-7-16(8-6-15)26(22,23)20-9-4-10-21(12-11-20)27(24,25)17-13-19(2)14-18-17/h5-8,13-14H,3-4,9-12H2,1-2H3. The number of benzene rings is 1. The fourth-order valence-corrected chi connectivity index (χ4v) is 5.96. The molecule has 2 heterocycles. The summed E-state index contributed by atoms with van der Waals surface area (Å²) in [6.07, 6.45) is 4.15. The van der Waals surface area contributed by atoms with Crippen molar-refractivity contribution in [2.75, 3.05) is 26.2 Å². The molecule has 0 atom stereocenters. The van der Waals surface area contributed by atoms with E-state index in [1.165, 1.54) is 21.1 Å². The van der Waals surface area contributed by atoms with E-state index in [1.807, 2.05) is 19.1 Å². The zero-order valence-electron chi connectivity index (χ0n) is 15.4. The Balaban J connectivity index is 1.77. The van der Waals surface area contributed by atoms with Crippen LogP contribution in [0.2, 0.25) is 0 Å². The highest BCUT2D eigenvalue weighted by atomic mass is 32.2. The maximum absolute atomic E-state index is 12.9. The van der Waals surface area contributed by atoms with Crippen LogP contribution in [0.5, 0.6) is 0 Å². The van der Waals surface area contributed by atoms with Crippen LogP contribution in [0.25, 0.3) is 0 Å². The number of aromatic nitrogens is 2. The van der Waals surface area contributed by atoms with Crippen molar-refractivity contribution >= 4 is 20.0 Å². The highest BCUT2D eigenvalue weighted by Gasteiger charge is 2.32. The summed E-state index contributed by atoms with van der Waals surface area (Å²) in [4.78, 5) is 4.16. The summed E-state index contributed by atoms with van der Waals surface area (Å²) >= 11 is 0. The summed E-state index contributed by atoms with van der Waals surface area (Å²) in [7, 11) is -5.67. The smallest absolute Gasteiger partial charge is 0.262 e. The molecule has 0 amide bonds. The van der Waals surface area contributed by atoms with Gasteiger partial charge < -0.3 is 4.57 Å². The van der Waals surface area contributed by atoms with Crippen LogP contribution in [0.4, 0.5) is 0 Å². The monoisotopic (exact) mass is 412 g/mol. The van der Waals surface area contributed by atoms with Crippen LogP contribution in [0.15, 0.2) is 46.7 Å². The SMILES string of the molecule is CCc1ccc(S(=O)(=O)N2CCCN(S(=O)(=O)c3cn(C)cn3)CC2)cc1. The number of hydrogen-bond donors (Lipinski definition) is 0. The molecule has 0 saturated carbocycles. The van der Waals surface area contributed by atoms with E-state index < -0.39 is 20.0 Å². The van der Waals surface area contributed by atoms with Gasteiger partial charge in [0.2, 0.25) is 10.0 Å². The van der Waals surface area contributed by atoms with E-state index in [1.54, 1.807) is 23.7 Å². The zero-order chi connectivity index (χ0) is 19.7. The normalized spacial score (nSPS) is 17.7. The van der Waals surface area contributed by atoms with Gasteiger partial charge in [0.1, 0.15) is 0 Å². The molecule has 0 bridgehead atoms. The van der Waals surface area contributed by atoms with E-state index in [0.29, 0.717) is 6.42 Å². The molecule has 0 spiro atoms. The van der Waals surface area contributed by atoms with Crippen molar-refractivity contribution in [3.05, 3.63) is 42.4 Å². The molecule has 1 aromatic heterocycles. The van der Waals surface area contributed by atoms with Gasteiger partial charge in [-0.3, -0.25) is 0 Å². The molecule has 8 nitrogen and oxygen atoms in total. The Morgan fingerprint density at radius 1 is 0.926 bits per heavy atom. The molecule has 148 valence electrons. The van der Waals surface area contributed by atoms with Gasteiger partial charge in [-0.25, -0.2) is 21.8 Å². The van der Waals surface area contributed by atoms with Gasteiger partial charge >= 0.3 is 0 Å². The van der Waals surface area contributed by atoms with Crippen LogP contribution in [0, 0.1) is 0 Å². The molecular weight excluding hydrogens is 388 g/mol. The van der Waals surface area contributed by atoms with E-state index in [2.05, 4.69) is 4.98 Å². The summed E-state index contributed by atoms with van der Waals surface area (Å²) in [6.45, 7) is 2.77. The lowest BCUT2D eigenvalue weighted by molar-refractivity contribution is 0.403. The Morgan fingerprint density at radius 2 is 1.52 bits per heavy atom. The summed E-state index contributed by atoms with van der Waals surface area (Å²) in [5.41, 5.74) is 1.07. The minimum absolute atomic E-state index is 0.0172. The highest BCUT2D eigenvalue weighted by Crippen LogP contribution is 2.21. The van der Waals surface area contributed by atoms with Crippen molar-refractivity contribution in [3.63, 3.8) is 0 Å². The first-order chi connectivity index (χ1) is 12.7. The average molecular weight is 413 g/mol. The number of nitrogens with zero attached hydrogens (tertiary/aromatic N) is 4. The second-order valence-electron chi connectivity index (χ2n) is 6.54. The van der Waals surface area contributed by atoms with E-state index in [9.17, 15) is 16.8 Å². The lowest BCUT2D eigenvalue weighted by Crippen LogP contribution is -2.37. The van der Waals surface area contributed by atoms with E-state index in [0.717, 1.165) is 12.0 Å². The molecule has 1 aromatic carbocycles. The zero-order valence-corrected chi connectivity index (χ0v) is 17.1. The maximum Gasteiger partial charge on any atom is 0.262 e. The van der Waals surface area contributed by atoms with Crippen molar-refractivity contribution in [1.29, 1.82) is 0 Å². The average Bonchev–Trinajstić information content (AvgIpc) is 2.93. The molecule has 2 aromatic rings. The summed E-state index contributed by atoms with van der Waals surface area (Å²) in [5.74, 6) is 0. The number of imidazole rings is 1. The third-order valence-corrected chi connectivity index (χ3v) is 8.37. The van der Waals surface area contributed by atoms with Gasteiger partial charge in [0.25, 0.3) is 10.0 Å². The Morgan fingerprint density at radius 3 is 2.04 bits per heavy atom. The van der Waals surface area contributed by atoms with Crippen LogP contribution >= 0.6 is 0 Å². The first-order valence-electron chi connectivity index (χ1n) is 8.82. The molecule has 0 unspecified atom stereocenters. The van der Waals surface area contributed by atoms with Crippen molar-refractivity contribution in [1.82, 2.24) is 18.2 Å². The molecule has 10 heteroatoms. The van der Waals surface area contributed by atoms with Crippen LogP contribution in [0.1, 0.15) is 18.9 Å². The maximum atomic E-state index is 12.9. The molecular formula is C17H24N4O4S2. The minimum atomic E-state index is -3.73. The highest BCUT2D eigenvalue weighted by molar-refractivity contribution is 7.89. The molecule has 3 rings (SSSR count). The van der Waals surface area contributed by atoms with Crippen LogP contribution in [-0.4, -0.2) is 61.2 Å². The van der Waals surface area contributed by atoms with Crippen molar-refractivity contribution in [2.24, 2.45) is 7.05 Å². The predicted octanol–water partition coefficient (Wildman–Crippen LogP) is 1.07. The summed E-state index contributed by atoms with van der Waals surface area (Å²) < 4.78 is 55.5. The molecule has 0 aliphatic carbocycles. The molecule has 0 radical (unpaired) electrons. The molecule has 1 fully saturated rings. The summed E-state index contributed by atoms with van der Waals surface area (Å²) in [6, 6.07) is 6.84. The third kappa shape index (κ3) is 4.08. The fraction of sp³-hybridized carbons (Fsp3) is 0.471. The number of sulfonamides is 2. The predicted molar refractivity (Wildman–Crippen MR) is 101 cm³/mol. The van der Waals surface area contributed by atoms with Crippen molar-refractivity contribution in [2.45, 2.75) is 29.7 Å². The molecule has 1 aliphatic rings. The van der Waals surface area contributed by atoms with Gasteiger partial charge in [-0.05, 0) is 30.5 Å². The Bertz CT molecular complexity index is 998. The minimum Gasteiger partial charge on any atom is -0.339 e. The van der Waals surface area contributed by atoms with Crippen molar-refractivity contribution in [3.8, 4) is 0 Å². The largest absolute Gasteiger partial charge is 0.339 e. The van der Waals surface area contributed by atoms with E-state index >= 15 is 0 Å². The molecule has 1 saturated heterocycles. The van der Waals surface area contributed by atoms with Gasteiger partial charge in [0.15, 0.2) is 5.03 Å². The summed E-state index contributed by atoms with van der Waals surface area (Å²) in [5, 5.41) is -0.0172. The van der Waals surface area contributed by atoms with Crippen LogP contribution in [0.3, 0.4) is 0 Å². The van der Waals surface area contributed by atoms with Gasteiger partial charge in [-0.15, -0.1) is 0 Å². The Kier molecular flexibility index (Phi) is 5.71. The van der Waals surface area contributed by atoms with Crippen molar-refractivity contribution < 1.29 is 16.8 Å². The molecule has 27 heavy (non-hydrogen) atoms. The molecule has 1 aliphatic heterocycles. The first-order valence-corrected chi connectivity index (χ1v) is 11.7. The number of hydrogen-bond acceptors (Lipinski definition) is 5. The van der Waals surface area contributed by atoms with Gasteiger partial charge in [-0.1, -0.05) is 19.1 Å². The number of rotatable bonds is 5. The fourth-order valence-electron chi connectivity index (χ4n) is 3.05. The molecule has 0 N–H and O–H groups in total. The lowest BCUT2D eigenvalue weighted by atomic mass is 10.2. The Hall–Kier alpha value is -1.75. The third-order valence-electron chi connectivity index (χ3n) is 4.67. The number of aryl methyl sites for hydroxylation is 2. The quantitative estimate of drug-likeness (QED) is 0.732. The first kappa shape index (κ1) is 20.0. The second kappa shape index (κ2) is 7.70. The van der Waals surface area contributed by atoms with E-state index in [-0.39, 0.29) is 36.1 Å². The van der Waals surface area contributed by atoms with Gasteiger partial charge in [0.05, 0.1) is 11.2 Å². The van der Waals surface area contributed by atoms with Crippen LogP contribution in [-0.2, 0) is 33.5 Å². The topological polar surface area (TPSA) is 92.6 Å². The van der Waals surface area contributed by atoms with E-state index in [4.69, 9.17) is 0 Å². The van der Waals surface area contributed by atoms with Crippen LogP contribution < -0.4 is 0 Å². The lowest BCUT2D eigenvalue weighted by Gasteiger charge is -2.21. The van der Waals surface area contributed by atoms with Gasteiger partial charge in [0, 0.05) is 39.4 Å². The van der Waals surface area contributed by atoms with Gasteiger partial charge in [-0.2, -0.15) is 8.61 Å².